The van der Waals surface area contributed by atoms with Crippen LogP contribution >= 0.6 is 11.6 Å². The second-order valence-corrected chi connectivity index (χ2v) is 4.90. The summed E-state index contributed by atoms with van der Waals surface area (Å²) in [4.78, 5) is 8.35. The highest BCUT2D eigenvalue weighted by Gasteiger charge is 2.09. The van der Waals surface area contributed by atoms with Gasteiger partial charge < -0.3 is 10.5 Å². The zero-order valence-electron chi connectivity index (χ0n) is 10.8. The topological polar surface area (TPSA) is 61.0 Å². The molecule has 0 radical (unpaired) electrons. The Morgan fingerprint density at radius 3 is 2.80 bits per heavy atom. The van der Waals surface area contributed by atoms with E-state index in [1.807, 2.05) is 25.1 Å². The Balaban J connectivity index is 2.09. The van der Waals surface area contributed by atoms with Crippen LogP contribution in [0.5, 0.6) is 11.6 Å². The molecule has 0 atom stereocenters. The maximum atomic E-state index is 6.13. The number of fused-ring (bicyclic) bond motifs is 1. The van der Waals surface area contributed by atoms with Crippen molar-refractivity contribution in [1.82, 2.24) is 9.97 Å². The molecule has 3 rings (SSSR count). The Hall–Kier alpha value is -2.33. The average molecular weight is 286 g/mol. The van der Waals surface area contributed by atoms with Crippen LogP contribution in [0.25, 0.3) is 10.9 Å². The Morgan fingerprint density at radius 2 is 1.95 bits per heavy atom. The van der Waals surface area contributed by atoms with Gasteiger partial charge >= 0.3 is 0 Å². The zero-order chi connectivity index (χ0) is 14.1. The van der Waals surface area contributed by atoms with E-state index in [0.29, 0.717) is 22.3 Å². The molecule has 0 aliphatic rings. The van der Waals surface area contributed by atoms with Gasteiger partial charge in [0.2, 0.25) is 5.88 Å². The Morgan fingerprint density at radius 1 is 1.10 bits per heavy atom. The van der Waals surface area contributed by atoms with E-state index >= 15 is 0 Å². The zero-order valence-corrected chi connectivity index (χ0v) is 11.6. The number of anilines is 1. The molecule has 0 saturated carbocycles. The van der Waals surface area contributed by atoms with Crippen LogP contribution < -0.4 is 10.5 Å². The molecule has 1 aromatic heterocycles. The summed E-state index contributed by atoms with van der Waals surface area (Å²) < 4.78 is 5.82. The molecule has 3 aromatic rings. The first-order chi connectivity index (χ1) is 9.63. The smallest absolute Gasteiger partial charge is 0.230 e. The molecule has 4 nitrogen and oxygen atoms in total. The van der Waals surface area contributed by atoms with Crippen LogP contribution in [0.3, 0.4) is 0 Å². The molecular formula is C15H12ClN3O. The maximum Gasteiger partial charge on any atom is 0.230 e. The molecule has 0 amide bonds. The molecule has 0 bridgehead atoms. The number of aromatic nitrogens is 2. The van der Waals surface area contributed by atoms with Gasteiger partial charge in [-0.15, -0.1) is 0 Å². The van der Waals surface area contributed by atoms with Crippen LogP contribution in [-0.4, -0.2) is 9.97 Å². The first-order valence-electron chi connectivity index (χ1n) is 6.08. The van der Waals surface area contributed by atoms with Gasteiger partial charge in [-0.25, -0.2) is 9.97 Å². The number of hydrogen-bond acceptors (Lipinski definition) is 4. The van der Waals surface area contributed by atoms with Crippen molar-refractivity contribution in [2.45, 2.75) is 6.92 Å². The summed E-state index contributed by atoms with van der Waals surface area (Å²) in [6.07, 6.45) is 1.45. The molecule has 0 aliphatic heterocycles. The first-order valence-corrected chi connectivity index (χ1v) is 6.45. The van der Waals surface area contributed by atoms with Crippen molar-refractivity contribution in [2.24, 2.45) is 0 Å². The SMILES string of the molecule is Cc1ccc(Cl)c(Oc2ncnc3cc(N)ccc23)c1. The second-order valence-electron chi connectivity index (χ2n) is 4.49. The lowest BCUT2D eigenvalue weighted by molar-refractivity contribution is 0.468. The number of nitrogen functional groups attached to an aromatic ring is 1. The third kappa shape index (κ3) is 2.38. The Labute approximate surface area is 121 Å². The van der Waals surface area contributed by atoms with Gasteiger partial charge in [0.15, 0.2) is 0 Å². The molecule has 0 fully saturated rings. The molecule has 2 aromatic carbocycles. The molecule has 0 aliphatic carbocycles. The van der Waals surface area contributed by atoms with Gasteiger partial charge in [0, 0.05) is 5.69 Å². The maximum absolute atomic E-state index is 6.13. The van der Waals surface area contributed by atoms with Gasteiger partial charge in [-0.3, -0.25) is 0 Å². The minimum atomic E-state index is 0.461. The average Bonchev–Trinajstić information content (AvgIpc) is 2.43. The van der Waals surface area contributed by atoms with Crippen molar-refractivity contribution >= 4 is 28.2 Å². The van der Waals surface area contributed by atoms with Crippen molar-refractivity contribution < 1.29 is 4.74 Å². The lowest BCUT2D eigenvalue weighted by Crippen LogP contribution is -1.93. The molecule has 100 valence electrons. The number of aryl methyl sites for hydroxylation is 1. The third-order valence-corrected chi connectivity index (χ3v) is 3.23. The standard InChI is InChI=1S/C15H12ClN3O/c1-9-2-5-12(16)14(6-9)20-15-11-4-3-10(17)7-13(11)18-8-19-15/h2-8H,17H2,1H3. The van der Waals surface area contributed by atoms with E-state index in [1.165, 1.54) is 6.33 Å². The lowest BCUT2D eigenvalue weighted by atomic mass is 10.2. The number of hydrogen-bond donors (Lipinski definition) is 1. The highest BCUT2D eigenvalue weighted by Crippen LogP contribution is 2.32. The van der Waals surface area contributed by atoms with Gasteiger partial charge in [0.05, 0.1) is 15.9 Å². The summed E-state index contributed by atoms with van der Waals surface area (Å²) in [5, 5.41) is 1.33. The van der Waals surface area contributed by atoms with Crippen LogP contribution in [0.1, 0.15) is 5.56 Å². The van der Waals surface area contributed by atoms with Gasteiger partial charge in [0.25, 0.3) is 0 Å². The fraction of sp³-hybridized carbons (Fsp3) is 0.0667. The summed E-state index contributed by atoms with van der Waals surface area (Å²) in [6, 6.07) is 11.0. The van der Waals surface area contributed by atoms with E-state index in [1.54, 1.807) is 18.2 Å². The number of nitrogens with two attached hydrogens (primary N) is 1. The summed E-state index contributed by atoms with van der Waals surface area (Å²) in [7, 11) is 0. The number of benzene rings is 2. The molecule has 0 saturated heterocycles. The summed E-state index contributed by atoms with van der Waals surface area (Å²) in [5.74, 6) is 1.03. The normalized spacial score (nSPS) is 10.7. The van der Waals surface area contributed by atoms with Crippen LogP contribution in [0, 0.1) is 6.92 Å². The summed E-state index contributed by atoms with van der Waals surface area (Å²) >= 11 is 6.13. The number of ether oxygens (including phenoxy) is 1. The van der Waals surface area contributed by atoms with E-state index in [0.717, 1.165) is 16.5 Å². The Bertz CT molecular complexity index is 789. The minimum absolute atomic E-state index is 0.461. The third-order valence-electron chi connectivity index (χ3n) is 2.92. The van der Waals surface area contributed by atoms with Crippen molar-refractivity contribution in [3.63, 3.8) is 0 Å². The lowest BCUT2D eigenvalue weighted by Gasteiger charge is -2.09. The van der Waals surface area contributed by atoms with E-state index in [2.05, 4.69) is 9.97 Å². The minimum Gasteiger partial charge on any atom is -0.437 e. The van der Waals surface area contributed by atoms with Crippen molar-refractivity contribution in [3.8, 4) is 11.6 Å². The summed E-state index contributed by atoms with van der Waals surface area (Å²) in [6.45, 7) is 1.97. The van der Waals surface area contributed by atoms with Crippen molar-refractivity contribution in [1.29, 1.82) is 0 Å². The number of nitrogens with zero attached hydrogens (tertiary/aromatic N) is 2. The van der Waals surface area contributed by atoms with Gasteiger partial charge in [-0.1, -0.05) is 17.7 Å². The monoisotopic (exact) mass is 285 g/mol. The van der Waals surface area contributed by atoms with Crippen molar-refractivity contribution in [3.05, 3.63) is 53.3 Å². The quantitative estimate of drug-likeness (QED) is 0.724. The first kappa shape index (κ1) is 12.7. The largest absolute Gasteiger partial charge is 0.437 e. The fourth-order valence-corrected chi connectivity index (χ4v) is 2.08. The molecule has 0 spiro atoms. The predicted molar refractivity (Wildman–Crippen MR) is 80.2 cm³/mol. The highest BCUT2D eigenvalue weighted by molar-refractivity contribution is 6.32. The second kappa shape index (κ2) is 4.98. The molecule has 2 N–H and O–H groups in total. The van der Waals surface area contributed by atoms with E-state index in [4.69, 9.17) is 22.1 Å². The van der Waals surface area contributed by atoms with Gasteiger partial charge in [-0.2, -0.15) is 0 Å². The highest BCUT2D eigenvalue weighted by atomic mass is 35.5. The van der Waals surface area contributed by atoms with Crippen LogP contribution in [0.4, 0.5) is 5.69 Å². The van der Waals surface area contributed by atoms with E-state index in [-0.39, 0.29) is 0 Å². The molecule has 1 heterocycles. The number of halogens is 1. The summed E-state index contributed by atoms with van der Waals surface area (Å²) in [5.41, 5.74) is 8.19. The van der Waals surface area contributed by atoms with Crippen LogP contribution in [-0.2, 0) is 0 Å². The van der Waals surface area contributed by atoms with Gasteiger partial charge in [0.1, 0.15) is 12.1 Å². The van der Waals surface area contributed by atoms with Crippen LogP contribution in [0.15, 0.2) is 42.7 Å². The fourth-order valence-electron chi connectivity index (χ4n) is 1.92. The Kier molecular flexibility index (Phi) is 3.16. The van der Waals surface area contributed by atoms with Crippen molar-refractivity contribution in [2.75, 3.05) is 5.73 Å². The van der Waals surface area contributed by atoms with Crippen LogP contribution in [0.2, 0.25) is 5.02 Å². The van der Waals surface area contributed by atoms with E-state index < -0.39 is 0 Å². The van der Waals surface area contributed by atoms with E-state index in [9.17, 15) is 0 Å². The molecule has 0 unspecified atom stereocenters. The molecule has 5 heteroatoms. The predicted octanol–water partition coefficient (Wildman–Crippen LogP) is 3.97. The molecule has 20 heavy (non-hydrogen) atoms. The van der Waals surface area contributed by atoms with Gasteiger partial charge in [-0.05, 0) is 42.8 Å². The molecular weight excluding hydrogens is 274 g/mol. The number of rotatable bonds is 2.